The van der Waals surface area contributed by atoms with Gasteiger partial charge in [0, 0.05) is 37.7 Å². The van der Waals surface area contributed by atoms with E-state index in [4.69, 9.17) is 4.52 Å². The molecule has 0 fully saturated rings. The van der Waals surface area contributed by atoms with Crippen molar-refractivity contribution < 1.29 is 9.32 Å². The molecule has 0 aliphatic rings. The molecule has 7 nitrogen and oxygen atoms in total. The molecule has 0 unspecified atom stereocenters. The third kappa shape index (κ3) is 5.51. The van der Waals surface area contributed by atoms with E-state index in [1.807, 2.05) is 37.4 Å². The maximum Gasteiger partial charge on any atom is 0.226 e. The molecular weight excluding hydrogens is 342 g/mol. The van der Waals surface area contributed by atoms with Gasteiger partial charge in [0.2, 0.25) is 11.8 Å². The fourth-order valence-electron chi connectivity index (χ4n) is 2.90. The molecule has 0 aliphatic heterocycles. The Morgan fingerprint density at radius 2 is 2.00 bits per heavy atom. The van der Waals surface area contributed by atoms with E-state index in [1.165, 1.54) is 0 Å². The summed E-state index contributed by atoms with van der Waals surface area (Å²) in [6.07, 6.45) is 3.59. The van der Waals surface area contributed by atoms with Crippen LogP contribution in [0.5, 0.6) is 0 Å². The van der Waals surface area contributed by atoms with Crippen molar-refractivity contribution in [1.29, 1.82) is 0 Å². The van der Waals surface area contributed by atoms with Crippen molar-refractivity contribution >= 4 is 5.91 Å². The lowest BCUT2D eigenvalue weighted by Gasteiger charge is -2.16. The minimum Gasteiger partial charge on any atom is -0.346 e. The van der Waals surface area contributed by atoms with Gasteiger partial charge in [-0.15, -0.1) is 0 Å². The first-order chi connectivity index (χ1) is 13.1. The van der Waals surface area contributed by atoms with E-state index in [-0.39, 0.29) is 5.91 Å². The molecule has 0 saturated heterocycles. The highest BCUT2D eigenvalue weighted by atomic mass is 16.5. The molecule has 0 saturated carbocycles. The zero-order valence-corrected chi connectivity index (χ0v) is 15.8. The number of carbonyl (C=O) groups excluding carboxylic acids is 1. The van der Waals surface area contributed by atoms with E-state index in [9.17, 15) is 4.79 Å². The van der Waals surface area contributed by atoms with Gasteiger partial charge in [0.25, 0.3) is 0 Å². The smallest absolute Gasteiger partial charge is 0.226 e. The Bertz CT molecular complexity index is 856. The summed E-state index contributed by atoms with van der Waals surface area (Å²) in [6, 6.07) is 12.2. The first kappa shape index (κ1) is 18.8. The zero-order chi connectivity index (χ0) is 19.1. The predicted octanol–water partition coefficient (Wildman–Crippen LogP) is 3.18. The van der Waals surface area contributed by atoms with Gasteiger partial charge in [0.05, 0.1) is 5.69 Å². The summed E-state index contributed by atoms with van der Waals surface area (Å²) >= 11 is 0. The number of amides is 1. The molecule has 1 N–H and O–H groups in total. The molecule has 27 heavy (non-hydrogen) atoms. The molecule has 3 aromatic rings. The molecule has 0 spiro atoms. The number of carbonyl (C=O) groups is 1. The minimum atomic E-state index is 0.140. The number of nitrogens with zero attached hydrogens (tertiary/aromatic N) is 4. The van der Waals surface area contributed by atoms with E-state index < -0.39 is 0 Å². The number of aryl methyl sites for hydroxylation is 3. The number of hydrogen-bond donors (Lipinski definition) is 1. The fraction of sp³-hybridized carbons (Fsp3) is 0.400. The predicted molar refractivity (Wildman–Crippen MR) is 102 cm³/mol. The molecule has 0 radical (unpaired) electrons. The second kappa shape index (κ2) is 9.12. The normalized spacial score (nSPS) is 10.9. The van der Waals surface area contributed by atoms with Crippen LogP contribution in [0.15, 0.2) is 40.9 Å². The van der Waals surface area contributed by atoms with Gasteiger partial charge in [-0.2, -0.15) is 10.1 Å². The van der Waals surface area contributed by atoms with Crippen molar-refractivity contribution in [3.63, 3.8) is 0 Å². The van der Waals surface area contributed by atoms with Gasteiger partial charge in [-0.3, -0.25) is 9.89 Å². The molecule has 2 aromatic heterocycles. The molecule has 0 aliphatic carbocycles. The highest BCUT2D eigenvalue weighted by molar-refractivity contribution is 5.75. The third-order valence-corrected chi connectivity index (χ3v) is 4.42. The summed E-state index contributed by atoms with van der Waals surface area (Å²) in [5, 5.41) is 11.2. The summed E-state index contributed by atoms with van der Waals surface area (Å²) in [5.41, 5.74) is 3.14. The van der Waals surface area contributed by atoms with Crippen LogP contribution in [0.3, 0.4) is 0 Å². The standard InChI is InChI=1S/C20H25N5O2/c1-15-21-19(27-24-15)11-6-12-20(26)25(2)13-7-10-17-14-18(23-22-17)16-8-4-3-5-9-16/h3-5,8-9,14H,6-7,10-13H2,1-2H3,(H,22,23). The van der Waals surface area contributed by atoms with E-state index in [0.717, 1.165) is 36.3 Å². The summed E-state index contributed by atoms with van der Waals surface area (Å²) < 4.78 is 5.06. The number of H-pyrrole nitrogens is 1. The van der Waals surface area contributed by atoms with Crippen molar-refractivity contribution in [1.82, 2.24) is 25.2 Å². The van der Waals surface area contributed by atoms with E-state index in [1.54, 1.807) is 11.8 Å². The summed E-state index contributed by atoms with van der Waals surface area (Å²) in [6.45, 7) is 2.51. The minimum absolute atomic E-state index is 0.140. The van der Waals surface area contributed by atoms with E-state index in [2.05, 4.69) is 26.4 Å². The molecule has 1 aromatic carbocycles. The van der Waals surface area contributed by atoms with Crippen molar-refractivity contribution in [2.45, 2.75) is 39.0 Å². The van der Waals surface area contributed by atoms with Crippen LogP contribution in [0.1, 0.15) is 36.7 Å². The maximum atomic E-state index is 12.2. The van der Waals surface area contributed by atoms with Crippen LogP contribution in [0, 0.1) is 6.92 Å². The molecular formula is C20H25N5O2. The topological polar surface area (TPSA) is 87.9 Å². The lowest BCUT2D eigenvalue weighted by Crippen LogP contribution is -2.27. The Morgan fingerprint density at radius 1 is 1.19 bits per heavy atom. The van der Waals surface area contributed by atoms with Crippen LogP contribution < -0.4 is 0 Å². The van der Waals surface area contributed by atoms with Crippen molar-refractivity contribution in [2.24, 2.45) is 0 Å². The monoisotopic (exact) mass is 367 g/mol. The van der Waals surface area contributed by atoms with Crippen molar-refractivity contribution in [3.8, 4) is 11.3 Å². The Kier molecular flexibility index (Phi) is 6.35. The quantitative estimate of drug-likeness (QED) is 0.627. The van der Waals surface area contributed by atoms with E-state index in [0.29, 0.717) is 31.0 Å². The summed E-state index contributed by atoms with van der Waals surface area (Å²) in [4.78, 5) is 18.1. The van der Waals surface area contributed by atoms with Crippen LogP contribution in [0.25, 0.3) is 11.3 Å². The van der Waals surface area contributed by atoms with Crippen molar-refractivity contribution in [2.75, 3.05) is 13.6 Å². The average molecular weight is 367 g/mol. The molecule has 0 bridgehead atoms. The van der Waals surface area contributed by atoms with Gasteiger partial charge in [-0.05, 0) is 32.3 Å². The molecule has 2 heterocycles. The van der Waals surface area contributed by atoms with Crippen LogP contribution in [-0.4, -0.2) is 44.7 Å². The Hall–Kier alpha value is -2.96. The lowest BCUT2D eigenvalue weighted by atomic mass is 10.1. The van der Waals surface area contributed by atoms with Crippen LogP contribution in [0.2, 0.25) is 0 Å². The summed E-state index contributed by atoms with van der Waals surface area (Å²) in [7, 11) is 1.85. The van der Waals surface area contributed by atoms with Crippen LogP contribution >= 0.6 is 0 Å². The van der Waals surface area contributed by atoms with Gasteiger partial charge in [0.1, 0.15) is 0 Å². The van der Waals surface area contributed by atoms with Gasteiger partial charge >= 0.3 is 0 Å². The zero-order valence-electron chi connectivity index (χ0n) is 15.8. The highest BCUT2D eigenvalue weighted by Gasteiger charge is 2.11. The number of nitrogens with one attached hydrogen (secondary N) is 1. The molecule has 7 heteroatoms. The number of aromatic amines is 1. The average Bonchev–Trinajstić information content (AvgIpc) is 3.31. The second-order valence-electron chi connectivity index (χ2n) is 6.65. The molecule has 1 amide bonds. The summed E-state index contributed by atoms with van der Waals surface area (Å²) in [5.74, 6) is 1.36. The number of rotatable bonds is 9. The Balaban J connectivity index is 1.37. The third-order valence-electron chi connectivity index (χ3n) is 4.42. The van der Waals surface area contributed by atoms with Gasteiger partial charge < -0.3 is 9.42 Å². The second-order valence-corrected chi connectivity index (χ2v) is 6.65. The van der Waals surface area contributed by atoms with E-state index >= 15 is 0 Å². The molecule has 3 rings (SSSR count). The van der Waals surface area contributed by atoms with Crippen molar-refractivity contribution in [3.05, 3.63) is 53.8 Å². The number of benzene rings is 1. The first-order valence-electron chi connectivity index (χ1n) is 9.24. The number of hydrogen-bond acceptors (Lipinski definition) is 5. The lowest BCUT2D eigenvalue weighted by molar-refractivity contribution is -0.130. The maximum absolute atomic E-state index is 12.2. The SMILES string of the molecule is Cc1noc(CCCC(=O)N(C)CCCc2cc(-c3ccccc3)n[nH]2)n1. The molecule has 0 atom stereocenters. The highest BCUT2D eigenvalue weighted by Crippen LogP contribution is 2.17. The first-order valence-corrected chi connectivity index (χ1v) is 9.24. The van der Waals surface area contributed by atoms with Crippen LogP contribution in [0.4, 0.5) is 0 Å². The van der Waals surface area contributed by atoms with Gasteiger partial charge in [-0.1, -0.05) is 35.5 Å². The Morgan fingerprint density at radius 3 is 2.74 bits per heavy atom. The van der Waals surface area contributed by atoms with Gasteiger partial charge in [-0.25, -0.2) is 0 Å². The fourth-order valence-corrected chi connectivity index (χ4v) is 2.90. The Labute approximate surface area is 158 Å². The van der Waals surface area contributed by atoms with Gasteiger partial charge in [0.15, 0.2) is 5.82 Å². The molecule has 142 valence electrons. The largest absolute Gasteiger partial charge is 0.346 e. The number of aromatic nitrogens is 4. The van der Waals surface area contributed by atoms with Crippen LogP contribution in [-0.2, 0) is 17.6 Å².